The Kier molecular flexibility index (Phi) is 6.94. The molecular formula is C33H37F3N6O3. The molecule has 0 atom stereocenters. The number of carboxylic acids is 1. The van der Waals surface area contributed by atoms with Crippen LogP contribution in [-0.2, 0) is 5.41 Å². The summed E-state index contributed by atoms with van der Waals surface area (Å²) < 4.78 is 42.2. The van der Waals surface area contributed by atoms with Gasteiger partial charge in [-0.3, -0.25) is 4.79 Å². The highest BCUT2D eigenvalue weighted by Gasteiger charge is 2.57. The van der Waals surface area contributed by atoms with Gasteiger partial charge in [0.2, 0.25) is 0 Å². The van der Waals surface area contributed by atoms with E-state index in [0.717, 1.165) is 30.5 Å². The minimum atomic E-state index is -1.53. The molecule has 4 heterocycles. The van der Waals surface area contributed by atoms with Crippen molar-refractivity contribution >= 4 is 29.2 Å². The highest BCUT2D eigenvalue weighted by Crippen LogP contribution is 2.60. The van der Waals surface area contributed by atoms with Gasteiger partial charge in [-0.25, -0.2) is 32.9 Å². The number of hydrogen-bond donors (Lipinski definition) is 1. The van der Waals surface area contributed by atoms with Crippen LogP contribution in [0, 0.1) is 43.6 Å². The number of halogens is 3. The van der Waals surface area contributed by atoms with Gasteiger partial charge in [0.1, 0.15) is 11.5 Å². The van der Waals surface area contributed by atoms with Crippen LogP contribution in [0.25, 0.3) is 0 Å². The Balaban J connectivity index is 1.30. The normalized spacial score (nSPS) is 19.5. The van der Waals surface area contributed by atoms with Crippen molar-refractivity contribution in [3.8, 4) is 0 Å². The summed E-state index contributed by atoms with van der Waals surface area (Å²) in [6.07, 6.45) is 2.90. The van der Waals surface area contributed by atoms with Crippen molar-refractivity contribution in [1.29, 1.82) is 0 Å². The second-order valence-corrected chi connectivity index (χ2v) is 14.2. The fourth-order valence-corrected chi connectivity index (χ4v) is 7.86. The third-order valence-electron chi connectivity index (χ3n) is 9.67. The summed E-state index contributed by atoms with van der Waals surface area (Å²) in [5.74, 6) is -4.26. The summed E-state index contributed by atoms with van der Waals surface area (Å²) in [7, 11) is 0. The number of rotatable bonds is 4. The van der Waals surface area contributed by atoms with E-state index in [0.29, 0.717) is 54.8 Å². The van der Waals surface area contributed by atoms with E-state index >= 15 is 0 Å². The zero-order chi connectivity index (χ0) is 32.8. The highest BCUT2D eigenvalue weighted by molar-refractivity contribution is 5.94. The Morgan fingerprint density at radius 1 is 0.889 bits per heavy atom. The Bertz CT molecular complexity index is 1740. The van der Waals surface area contributed by atoms with E-state index in [2.05, 4.69) is 28.7 Å². The first-order valence-corrected chi connectivity index (χ1v) is 15.0. The number of carbonyl (C=O) groups is 2. The van der Waals surface area contributed by atoms with Crippen LogP contribution in [0.2, 0.25) is 0 Å². The summed E-state index contributed by atoms with van der Waals surface area (Å²) >= 11 is 0. The fourth-order valence-electron chi connectivity index (χ4n) is 7.86. The van der Waals surface area contributed by atoms with Gasteiger partial charge in [-0.1, -0.05) is 13.8 Å². The molecule has 2 aromatic heterocycles. The lowest BCUT2D eigenvalue weighted by molar-refractivity contribution is 0.0501. The molecule has 6 rings (SSSR count). The summed E-state index contributed by atoms with van der Waals surface area (Å²) in [6, 6.07) is 1.92. The number of pyridine rings is 1. The van der Waals surface area contributed by atoms with Crippen molar-refractivity contribution in [2.24, 2.45) is 5.41 Å². The van der Waals surface area contributed by atoms with E-state index in [1.807, 2.05) is 20.8 Å². The van der Waals surface area contributed by atoms with Crippen LogP contribution in [0.4, 0.5) is 30.5 Å². The van der Waals surface area contributed by atoms with Gasteiger partial charge in [-0.05, 0) is 64.0 Å². The van der Waals surface area contributed by atoms with E-state index in [-0.39, 0.29) is 28.3 Å². The molecular weight excluding hydrogens is 585 g/mol. The van der Waals surface area contributed by atoms with Crippen molar-refractivity contribution < 1.29 is 27.9 Å². The quantitative estimate of drug-likeness (QED) is 0.361. The second-order valence-electron chi connectivity index (χ2n) is 14.2. The predicted octanol–water partition coefficient (Wildman–Crippen LogP) is 5.86. The largest absolute Gasteiger partial charge is 0.478 e. The third-order valence-corrected chi connectivity index (χ3v) is 9.67. The van der Waals surface area contributed by atoms with E-state index in [1.54, 1.807) is 23.6 Å². The van der Waals surface area contributed by atoms with Gasteiger partial charge in [-0.2, -0.15) is 0 Å². The number of fused-ring (bicyclic) bond motifs is 2. The van der Waals surface area contributed by atoms with Crippen LogP contribution in [0.5, 0.6) is 0 Å². The van der Waals surface area contributed by atoms with Crippen LogP contribution in [0.15, 0.2) is 18.3 Å². The Morgan fingerprint density at radius 2 is 1.53 bits per heavy atom. The van der Waals surface area contributed by atoms with Crippen molar-refractivity contribution in [2.45, 2.75) is 72.3 Å². The molecule has 0 radical (unpaired) electrons. The van der Waals surface area contributed by atoms with E-state index in [4.69, 9.17) is 4.98 Å². The molecule has 2 fully saturated rings. The van der Waals surface area contributed by atoms with Gasteiger partial charge >= 0.3 is 5.97 Å². The predicted molar refractivity (Wildman–Crippen MR) is 163 cm³/mol. The van der Waals surface area contributed by atoms with Crippen molar-refractivity contribution in [1.82, 2.24) is 19.9 Å². The standard InChI is InChI=1S/C33H37F3N6O3/c1-17-18(2)27(38-19(3)24(17)30(44)45)40-8-9-42(32(6,7)15-40)29(43)23-12-37-28-26(39-23)33(13-31(4,5)14-33)16-41(28)20-10-21(34)25(36)22(35)11-20/h10-12H,8-9,13-16H2,1-7H3,(H,44,45). The number of carbonyl (C=O) groups excluding carboxylic acids is 1. The lowest BCUT2D eigenvalue weighted by atomic mass is 9.54. The molecule has 1 spiro atoms. The van der Waals surface area contributed by atoms with Gasteiger partial charge in [0.15, 0.2) is 23.3 Å². The van der Waals surface area contributed by atoms with Gasteiger partial charge in [0.25, 0.3) is 5.91 Å². The van der Waals surface area contributed by atoms with Crippen molar-refractivity contribution in [3.05, 3.63) is 69.6 Å². The molecule has 1 saturated carbocycles. The minimum Gasteiger partial charge on any atom is -0.478 e. The number of amides is 1. The van der Waals surface area contributed by atoms with Gasteiger partial charge in [0.05, 0.1) is 28.7 Å². The molecule has 12 heteroatoms. The monoisotopic (exact) mass is 622 g/mol. The summed E-state index contributed by atoms with van der Waals surface area (Å²) in [5.41, 5.74) is 1.97. The van der Waals surface area contributed by atoms with Crippen LogP contribution in [-0.4, -0.2) is 68.6 Å². The highest BCUT2D eigenvalue weighted by atomic mass is 19.2. The maximum absolute atomic E-state index is 14.2. The van der Waals surface area contributed by atoms with E-state index in [9.17, 15) is 27.9 Å². The number of carboxylic acid groups (broad SMARTS) is 1. The van der Waals surface area contributed by atoms with Gasteiger partial charge < -0.3 is 19.8 Å². The maximum atomic E-state index is 14.2. The van der Waals surface area contributed by atoms with Gasteiger partial charge in [-0.15, -0.1) is 0 Å². The number of aryl methyl sites for hydroxylation is 1. The molecule has 9 nitrogen and oxygen atoms in total. The number of nitrogens with zero attached hydrogens (tertiary/aromatic N) is 6. The summed E-state index contributed by atoms with van der Waals surface area (Å²) in [5, 5.41) is 9.64. The lowest BCUT2D eigenvalue weighted by Gasteiger charge is -2.51. The third kappa shape index (κ3) is 4.89. The number of anilines is 3. The van der Waals surface area contributed by atoms with E-state index in [1.165, 1.54) is 6.20 Å². The lowest BCUT2D eigenvalue weighted by Crippen LogP contribution is -2.61. The average Bonchev–Trinajstić information content (AvgIpc) is 3.25. The first-order valence-electron chi connectivity index (χ1n) is 15.0. The Morgan fingerprint density at radius 3 is 2.11 bits per heavy atom. The number of aromatic carboxylic acids is 1. The molecule has 1 aliphatic carbocycles. The first kappa shape index (κ1) is 30.8. The number of hydrogen-bond acceptors (Lipinski definition) is 7. The van der Waals surface area contributed by atoms with Crippen molar-refractivity contribution in [2.75, 3.05) is 36.0 Å². The minimum absolute atomic E-state index is 0.0120. The SMILES string of the molecule is Cc1nc(N2CCN(C(=O)c3cnc4c(n3)C3(CN4c4cc(F)c(F)c(F)c4)CC(C)(C)C3)C(C)(C)C2)c(C)c(C)c1C(=O)O. The Hall–Kier alpha value is -4.22. The van der Waals surface area contributed by atoms with Crippen LogP contribution < -0.4 is 9.80 Å². The molecule has 0 unspecified atom stereocenters. The molecule has 2 aliphatic heterocycles. The van der Waals surface area contributed by atoms with Crippen molar-refractivity contribution in [3.63, 3.8) is 0 Å². The number of aromatic nitrogens is 3. The number of piperazine rings is 1. The van der Waals surface area contributed by atoms with Crippen LogP contribution in [0.1, 0.15) is 83.9 Å². The fraction of sp³-hybridized carbons (Fsp3) is 0.485. The molecule has 1 amide bonds. The van der Waals surface area contributed by atoms with Crippen LogP contribution in [0.3, 0.4) is 0 Å². The summed E-state index contributed by atoms with van der Waals surface area (Å²) in [4.78, 5) is 45.5. The molecule has 1 saturated heterocycles. The molecule has 1 aromatic carbocycles. The topological polar surface area (TPSA) is 103 Å². The zero-order valence-corrected chi connectivity index (χ0v) is 26.6. The molecule has 3 aromatic rings. The number of benzene rings is 1. The maximum Gasteiger partial charge on any atom is 0.337 e. The van der Waals surface area contributed by atoms with E-state index < -0.39 is 34.4 Å². The first-order chi connectivity index (χ1) is 20.9. The second kappa shape index (κ2) is 10.1. The summed E-state index contributed by atoms with van der Waals surface area (Å²) in [6.45, 7) is 15.2. The molecule has 0 bridgehead atoms. The molecule has 45 heavy (non-hydrogen) atoms. The van der Waals surface area contributed by atoms with Gasteiger partial charge in [0, 0.05) is 49.4 Å². The molecule has 238 valence electrons. The van der Waals surface area contributed by atoms with Crippen LogP contribution >= 0.6 is 0 Å². The molecule has 1 N–H and O–H groups in total. The smallest absolute Gasteiger partial charge is 0.337 e. The zero-order valence-electron chi connectivity index (χ0n) is 26.6. The molecule has 3 aliphatic rings. The average molecular weight is 623 g/mol. The Labute approximate surface area is 260 Å².